The van der Waals surface area contributed by atoms with Crippen molar-refractivity contribution in [3.63, 3.8) is 0 Å². The first-order chi connectivity index (χ1) is 26.2. The molecular formula is C49H31N3O. The van der Waals surface area contributed by atoms with E-state index in [1.54, 1.807) is 0 Å². The van der Waals surface area contributed by atoms with Crippen molar-refractivity contribution in [1.82, 2.24) is 15.0 Å². The molecule has 0 amide bonds. The molecule has 0 saturated heterocycles. The Labute approximate surface area is 306 Å². The normalized spacial score (nSPS) is 11.4. The van der Waals surface area contributed by atoms with Crippen LogP contribution in [0, 0.1) is 0 Å². The van der Waals surface area contributed by atoms with Crippen molar-refractivity contribution < 1.29 is 4.42 Å². The van der Waals surface area contributed by atoms with E-state index in [9.17, 15) is 0 Å². The van der Waals surface area contributed by atoms with Gasteiger partial charge in [0.05, 0.1) is 0 Å². The third-order valence-corrected chi connectivity index (χ3v) is 9.95. The molecule has 10 aromatic rings. The van der Waals surface area contributed by atoms with Crippen LogP contribution in [-0.2, 0) is 0 Å². The molecule has 0 aliphatic carbocycles. The molecule has 10 rings (SSSR count). The van der Waals surface area contributed by atoms with Crippen molar-refractivity contribution in [2.75, 3.05) is 0 Å². The van der Waals surface area contributed by atoms with E-state index >= 15 is 0 Å². The van der Waals surface area contributed by atoms with Crippen LogP contribution in [0.3, 0.4) is 0 Å². The van der Waals surface area contributed by atoms with Gasteiger partial charge >= 0.3 is 0 Å². The molecule has 0 N–H and O–H groups in total. The number of rotatable bonds is 6. The second-order valence-electron chi connectivity index (χ2n) is 13.2. The minimum atomic E-state index is 0.585. The summed E-state index contributed by atoms with van der Waals surface area (Å²) in [5.74, 6) is 1.82. The molecule has 0 atom stereocenters. The first-order valence-corrected chi connectivity index (χ1v) is 17.8. The van der Waals surface area contributed by atoms with Crippen LogP contribution in [0.25, 0.3) is 100 Å². The van der Waals surface area contributed by atoms with Crippen LogP contribution in [0.5, 0.6) is 0 Å². The Kier molecular flexibility index (Phi) is 7.43. The molecule has 53 heavy (non-hydrogen) atoms. The Morgan fingerprint density at radius 2 is 0.830 bits per heavy atom. The van der Waals surface area contributed by atoms with Gasteiger partial charge in [0.1, 0.15) is 11.2 Å². The van der Waals surface area contributed by atoms with Gasteiger partial charge < -0.3 is 4.42 Å². The second-order valence-corrected chi connectivity index (χ2v) is 13.2. The fourth-order valence-electron chi connectivity index (χ4n) is 7.32. The molecule has 0 saturated carbocycles. The second kappa shape index (κ2) is 12.9. The third-order valence-electron chi connectivity index (χ3n) is 9.95. The van der Waals surface area contributed by atoms with E-state index in [1.165, 1.54) is 11.1 Å². The molecule has 0 spiro atoms. The van der Waals surface area contributed by atoms with E-state index in [2.05, 4.69) is 170 Å². The highest BCUT2D eigenvalue weighted by atomic mass is 16.3. The number of nitrogens with zero attached hydrogens (tertiary/aromatic N) is 3. The fraction of sp³-hybridized carbons (Fsp3) is 0. The molecule has 2 heterocycles. The van der Waals surface area contributed by atoms with Gasteiger partial charge in [-0.3, -0.25) is 0 Å². The molecule has 0 bridgehead atoms. The van der Waals surface area contributed by atoms with Crippen LogP contribution in [0.15, 0.2) is 192 Å². The van der Waals surface area contributed by atoms with Crippen LogP contribution < -0.4 is 0 Å². The summed E-state index contributed by atoms with van der Waals surface area (Å²) in [4.78, 5) is 15.3. The lowest BCUT2D eigenvalue weighted by Gasteiger charge is -2.11. The molecule has 4 nitrogen and oxygen atoms in total. The number of hydrogen-bond donors (Lipinski definition) is 0. The summed E-state index contributed by atoms with van der Waals surface area (Å²) in [5, 5.41) is 4.36. The van der Waals surface area contributed by atoms with Crippen molar-refractivity contribution in [2.24, 2.45) is 0 Å². The van der Waals surface area contributed by atoms with Gasteiger partial charge in [-0.1, -0.05) is 164 Å². The lowest BCUT2D eigenvalue weighted by atomic mass is 9.96. The summed E-state index contributed by atoms with van der Waals surface area (Å²) in [6.07, 6.45) is 0. The highest BCUT2D eigenvalue weighted by Gasteiger charge is 2.18. The topological polar surface area (TPSA) is 51.8 Å². The maximum Gasteiger partial charge on any atom is 0.164 e. The van der Waals surface area contributed by atoms with Gasteiger partial charge in [0.2, 0.25) is 0 Å². The molecule has 0 fully saturated rings. The van der Waals surface area contributed by atoms with Gasteiger partial charge in [0, 0.05) is 27.5 Å². The zero-order valence-corrected chi connectivity index (χ0v) is 28.6. The van der Waals surface area contributed by atoms with Crippen molar-refractivity contribution >= 4 is 32.7 Å². The molecule has 0 aliphatic heterocycles. The van der Waals surface area contributed by atoms with Gasteiger partial charge in [-0.05, 0) is 68.4 Å². The molecule has 0 unspecified atom stereocenters. The van der Waals surface area contributed by atoms with Crippen molar-refractivity contribution in [2.45, 2.75) is 0 Å². The van der Waals surface area contributed by atoms with E-state index in [0.717, 1.165) is 71.7 Å². The van der Waals surface area contributed by atoms with Crippen molar-refractivity contribution in [3.8, 4) is 67.5 Å². The van der Waals surface area contributed by atoms with Gasteiger partial charge in [0.15, 0.2) is 17.5 Å². The monoisotopic (exact) mass is 677 g/mol. The van der Waals surface area contributed by atoms with E-state index in [-0.39, 0.29) is 0 Å². The Bertz CT molecular complexity index is 2930. The fourth-order valence-corrected chi connectivity index (χ4v) is 7.32. The van der Waals surface area contributed by atoms with Crippen molar-refractivity contribution in [1.29, 1.82) is 0 Å². The van der Waals surface area contributed by atoms with Gasteiger partial charge in [0.25, 0.3) is 0 Å². The first kappa shape index (κ1) is 30.6. The summed E-state index contributed by atoms with van der Waals surface area (Å²) < 4.78 is 6.55. The third kappa shape index (κ3) is 5.63. The lowest BCUT2D eigenvalue weighted by molar-refractivity contribution is 0.669. The van der Waals surface area contributed by atoms with Crippen LogP contribution in [0.4, 0.5) is 0 Å². The molecule has 2 aromatic heterocycles. The largest absolute Gasteiger partial charge is 0.456 e. The summed E-state index contributed by atoms with van der Waals surface area (Å²) in [6, 6.07) is 65.2. The van der Waals surface area contributed by atoms with E-state index in [4.69, 9.17) is 19.4 Å². The Hall–Kier alpha value is -7.17. The number of aromatic nitrogens is 3. The number of furan rings is 1. The van der Waals surface area contributed by atoms with Crippen LogP contribution in [0.1, 0.15) is 0 Å². The Balaban J connectivity index is 1.11. The van der Waals surface area contributed by atoms with Crippen molar-refractivity contribution in [3.05, 3.63) is 188 Å². The van der Waals surface area contributed by atoms with E-state index in [0.29, 0.717) is 17.5 Å². The number of benzene rings is 8. The highest BCUT2D eigenvalue weighted by molar-refractivity contribution is 6.13. The standard InChI is InChI=1S/C49H31N3O/c1-3-12-32(13-4-1)34-24-26-36(27-25-34)41-21-11-23-44-46(41)43-29-28-39(31-45(43)53-44)48-50-47(38-19-9-18-37(30-38)33-14-5-2-6-15-33)51-49(52-48)42-22-10-17-35-16-7-8-20-40(35)42/h1-31H. The van der Waals surface area contributed by atoms with Gasteiger partial charge in [-0.15, -0.1) is 0 Å². The summed E-state index contributed by atoms with van der Waals surface area (Å²) >= 11 is 0. The minimum absolute atomic E-state index is 0.585. The maximum atomic E-state index is 6.55. The average Bonchev–Trinajstić information content (AvgIpc) is 3.62. The minimum Gasteiger partial charge on any atom is -0.456 e. The quantitative estimate of drug-likeness (QED) is 0.176. The molecule has 0 radical (unpaired) electrons. The maximum absolute atomic E-state index is 6.55. The zero-order chi connectivity index (χ0) is 35.1. The van der Waals surface area contributed by atoms with Gasteiger partial charge in [-0.2, -0.15) is 0 Å². The van der Waals surface area contributed by atoms with E-state index in [1.807, 2.05) is 18.2 Å². The molecule has 0 aliphatic rings. The summed E-state index contributed by atoms with van der Waals surface area (Å²) in [5.41, 5.74) is 11.3. The predicted octanol–water partition coefficient (Wildman–Crippen LogP) is 12.9. The summed E-state index contributed by atoms with van der Waals surface area (Å²) in [7, 11) is 0. The van der Waals surface area contributed by atoms with Gasteiger partial charge in [-0.25, -0.2) is 15.0 Å². The molecule has 248 valence electrons. The number of hydrogen-bond acceptors (Lipinski definition) is 4. The zero-order valence-electron chi connectivity index (χ0n) is 28.6. The SMILES string of the molecule is c1ccc(-c2ccc(-c3cccc4oc5cc(-c6nc(-c7cccc(-c8ccccc8)c7)nc(-c7cccc8ccccc78)n6)ccc5c34)cc2)cc1. The predicted molar refractivity (Wildman–Crippen MR) is 217 cm³/mol. The highest BCUT2D eigenvalue weighted by Crippen LogP contribution is 2.39. The smallest absolute Gasteiger partial charge is 0.164 e. The Morgan fingerprint density at radius 1 is 0.302 bits per heavy atom. The molecule has 4 heteroatoms. The average molecular weight is 678 g/mol. The first-order valence-electron chi connectivity index (χ1n) is 17.8. The summed E-state index contributed by atoms with van der Waals surface area (Å²) in [6.45, 7) is 0. The Morgan fingerprint density at radius 3 is 1.62 bits per heavy atom. The van der Waals surface area contributed by atoms with Crippen LogP contribution >= 0.6 is 0 Å². The molecule has 8 aromatic carbocycles. The lowest BCUT2D eigenvalue weighted by Crippen LogP contribution is -2.00. The molecular weight excluding hydrogens is 647 g/mol. The number of fused-ring (bicyclic) bond motifs is 4. The van der Waals surface area contributed by atoms with Crippen LogP contribution in [0.2, 0.25) is 0 Å². The van der Waals surface area contributed by atoms with Crippen LogP contribution in [-0.4, -0.2) is 15.0 Å². The van der Waals surface area contributed by atoms with E-state index < -0.39 is 0 Å².